The molecule has 3 rings (SSSR count). The van der Waals surface area contributed by atoms with Gasteiger partial charge >= 0.3 is 11.9 Å². The van der Waals surface area contributed by atoms with Crippen LogP contribution in [0, 0.1) is 11.8 Å². The average Bonchev–Trinajstić information content (AvgIpc) is 3.09. The topological polar surface area (TPSA) is 131 Å². The van der Waals surface area contributed by atoms with Gasteiger partial charge in [-0.05, 0) is 42.4 Å². The van der Waals surface area contributed by atoms with Crippen LogP contribution in [0.4, 0.5) is 0 Å². The van der Waals surface area contributed by atoms with Crippen LogP contribution in [0.25, 0.3) is 0 Å². The van der Waals surface area contributed by atoms with Gasteiger partial charge in [0.25, 0.3) is 0 Å². The van der Waals surface area contributed by atoms with Crippen LogP contribution >= 0.6 is 0 Å². The van der Waals surface area contributed by atoms with Crippen LogP contribution in [-0.4, -0.2) is 54.2 Å². The Morgan fingerprint density at radius 1 is 0.681 bits per heavy atom. The van der Waals surface area contributed by atoms with Gasteiger partial charge in [0.05, 0.1) is 24.5 Å². The summed E-state index contributed by atoms with van der Waals surface area (Å²) >= 11 is 0. The zero-order valence-electron chi connectivity index (χ0n) is 26.6. The molecule has 47 heavy (non-hydrogen) atoms. The minimum absolute atomic E-state index is 0.0461. The van der Waals surface area contributed by atoms with E-state index in [2.05, 4.69) is 23.8 Å². The third-order valence-corrected chi connectivity index (χ3v) is 7.49. The van der Waals surface area contributed by atoms with Crippen molar-refractivity contribution in [2.75, 3.05) is 13.2 Å². The Bertz CT molecular complexity index is 1430. The van der Waals surface area contributed by atoms with Crippen molar-refractivity contribution in [2.45, 2.75) is 50.8 Å². The number of allylic oxidation sites excluding steroid dienone is 2. The molecule has 0 aliphatic carbocycles. The van der Waals surface area contributed by atoms with Crippen LogP contribution < -0.4 is 10.6 Å². The van der Waals surface area contributed by atoms with Crippen molar-refractivity contribution in [2.24, 2.45) is 11.8 Å². The highest BCUT2D eigenvalue weighted by Gasteiger charge is 2.30. The maximum Gasteiger partial charge on any atom is 0.332 e. The molecule has 0 radical (unpaired) electrons. The summed E-state index contributed by atoms with van der Waals surface area (Å²) in [4.78, 5) is 52.8. The Balaban J connectivity index is 1.68. The van der Waals surface area contributed by atoms with Gasteiger partial charge in [-0.25, -0.2) is 4.79 Å². The van der Waals surface area contributed by atoms with E-state index in [0.29, 0.717) is 19.3 Å². The Labute approximate surface area is 276 Å². The van der Waals surface area contributed by atoms with Crippen LogP contribution in [0.3, 0.4) is 0 Å². The molecule has 9 heteroatoms. The fourth-order valence-corrected chi connectivity index (χ4v) is 4.99. The summed E-state index contributed by atoms with van der Waals surface area (Å²) in [7, 11) is 0. The Kier molecular flexibility index (Phi) is 15.6. The van der Waals surface area contributed by atoms with Gasteiger partial charge in [-0.3, -0.25) is 14.4 Å². The number of aliphatic hydroxyl groups excluding tert-OH is 1. The van der Waals surface area contributed by atoms with Crippen molar-refractivity contribution in [3.05, 3.63) is 133 Å². The third-order valence-electron chi connectivity index (χ3n) is 7.49. The Hall–Kier alpha value is -5.02. The first-order valence-electron chi connectivity index (χ1n) is 15.7. The van der Waals surface area contributed by atoms with E-state index in [1.54, 1.807) is 18.2 Å². The number of ether oxygens (including phenoxy) is 2. The minimum Gasteiger partial charge on any atom is -0.463 e. The molecule has 248 valence electrons. The van der Waals surface area contributed by atoms with Crippen LogP contribution in [0.15, 0.2) is 116 Å². The number of esters is 2. The predicted octanol–water partition coefficient (Wildman–Crippen LogP) is 4.50. The van der Waals surface area contributed by atoms with E-state index < -0.39 is 54.3 Å². The first kappa shape index (κ1) is 36.4. The molecule has 0 aliphatic heterocycles. The van der Waals surface area contributed by atoms with E-state index in [9.17, 15) is 24.3 Å². The second-order valence-electron chi connectivity index (χ2n) is 11.3. The summed E-state index contributed by atoms with van der Waals surface area (Å²) in [6.07, 6.45) is 4.26. The molecule has 0 aliphatic rings. The molecule has 0 unspecified atom stereocenters. The van der Waals surface area contributed by atoms with E-state index in [-0.39, 0.29) is 26.1 Å². The molecule has 0 heterocycles. The van der Waals surface area contributed by atoms with Crippen molar-refractivity contribution in [3.63, 3.8) is 0 Å². The number of rotatable bonds is 20. The molecule has 3 aromatic rings. The maximum absolute atomic E-state index is 13.5. The van der Waals surface area contributed by atoms with Gasteiger partial charge in [0.2, 0.25) is 11.8 Å². The van der Waals surface area contributed by atoms with Crippen molar-refractivity contribution in [1.29, 1.82) is 0 Å². The summed E-state index contributed by atoms with van der Waals surface area (Å²) in [5.41, 5.74) is 2.63. The first-order chi connectivity index (χ1) is 22.8. The first-order valence-corrected chi connectivity index (χ1v) is 15.7. The summed E-state index contributed by atoms with van der Waals surface area (Å²) in [5.74, 6) is -3.80. The fourth-order valence-electron chi connectivity index (χ4n) is 4.99. The number of carbonyl (C=O) groups excluding carboxylic acids is 4. The summed E-state index contributed by atoms with van der Waals surface area (Å²) in [6.45, 7) is 6.67. The van der Waals surface area contributed by atoms with Crippen molar-refractivity contribution < 1.29 is 33.8 Å². The Morgan fingerprint density at radius 3 is 1.77 bits per heavy atom. The molecule has 0 fully saturated rings. The normalized spacial score (nSPS) is 13.2. The molecule has 0 saturated heterocycles. The summed E-state index contributed by atoms with van der Waals surface area (Å²) in [6, 6.07) is 26.1. The average molecular weight is 641 g/mol. The van der Waals surface area contributed by atoms with Crippen LogP contribution in [-0.2, 0) is 48.1 Å². The van der Waals surface area contributed by atoms with E-state index in [1.807, 2.05) is 78.9 Å². The van der Waals surface area contributed by atoms with Gasteiger partial charge in [-0.2, -0.15) is 0 Å². The SMILES string of the molecule is C=CC[C@H](CC(=O)N[C@H](CO)Cc1ccccc1)C(=O)N[C@H](COC(=O)[C@@H](CC=C)Cc1ccccc1)C(=O)OCc1ccccc1. The van der Waals surface area contributed by atoms with Gasteiger partial charge < -0.3 is 25.2 Å². The molecule has 3 N–H and O–H groups in total. The highest BCUT2D eigenvalue weighted by Crippen LogP contribution is 2.16. The molecule has 3 aromatic carbocycles. The lowest BCUT2D eigenvalue weighted by Gasteiger charge is -2.23. The Morgan fingerprint density at radius 2 is 1.21 bits per heavy atom. The van der Waals surface area contributed by atoms with E-state index in [1.165, 1.54) is 6.08 Å². The number of hydrogen-bond donors (Lipinski definition) is 3. The van der Waals surface area contributed by atoms with E-state index >= 15 is 0 Å². The monoisotopic (exact) mass is 640 g/mol. The third kappa shape index (κ3) is 13.1. The van der Waals surface area contributed by atoms with E-state index in [4.69, 9.17) is 9.47 Å². The lowest BCUT2D eigenvalue weighted by atomic mass is 9.96. The zero-order chi connectivity index (χ0) is 33.9. The number of nitrogens with one attached hydrogen (secondary N) is 2. The number of benzene rings is 3. The minimum atomic E-state index is -1.32. The van der Waals surface area contributed by atoms with Gasteiger partial charge in [0.1, 0.15) is 13.2 Å². The van der Waals surface area contributed by atoms with Crippen molar-refractivity contribution >= 4 is 23.8 Å². The molecule has 0 spiro atoms. The van der Waals surface area contributed by atoms with Crippen LogP contribution in [0.2, 0.25) is 0 Å². The highest BCUT2D eigenvalue weighted by atomic mass is 16.6. The molecule has 4 atom stereocenters. The zero-order valence-corrected chi connectivity index (χ0v) is 26.6. The lowest BCUT2D eigenvalue weighted by Crippen LogP contribution is -2.48. The van der Waals surface area contributed by atoms with Gasteiger partial charge in [-0.15, -0.1) is 13.2 Å². The molecule has 2 amide bonds. The molecule has 0 saturated carbocycles. The predicted molar refractivity (Wildman–Crippen MR) is 180 cm³/mol. The lowest BCUT2D eigenvalue weighted by molar-refractivity contribution is -0.157. The smallest absolute Gasteiger partial charge is 0.332 e. The molecular formula is C38H44N2O7. The number of aliphatic hydroxyl groups is 1. The molecule has 9 nitrogen and oxygen atoms in total. The molecule has 0 aromatic heterocycles. The van der Waals surface area contributed by atoms with Gasteiger partial charge in [0.15, 0.2) is 6.04 Å². The van der Waals surface area contributed by atoms with Crippen molar-refractivity contribution in [1.82, 2.24) is 10.6 Å². The number of hydrogen-bond acceptors (Lipinski definition) is 7. The second kappa shape index (κ2) is 20.2. The van der Waals surface area contributed by atoms with Crippen molar-refractivity contribution in [3.8, 4) is 0 Å². The number of carbonyl (C=O) groups is 4. The standard InChI is InChI=1S/C38H44N2O7/c1-3-14-31(24-35(42)39-33(25-41)23-29-18-10-6-11-19-29)36(43)40-34(38(45)46-26-30-20-12-7-13-21-30)27-47-37(44)32(15-4-2)22-28-16-8-5-9-17-28/h3-13,16-21,31-34,41H,1-2,14-15,22-27H2,(H,39,42)(H,40,43)/t31-,32+,33+,34-/m1/s1. The van der Waals surface area contributed by atoms with Gasteiger partial charge in [-0.1, -0.05) is 103 Å². The maximum atomic E-state index is 13.5. The van der Waals surface area contributed by atoms with E-state index in [0.717, 1.165) is 16.7 Å². The summed E-state index contributed by atoms with van der Waals surface area (Å²) in [5, 5.41) is 15.3. The molecular weight excluding hydrogens is 596 g/mol. The van der Waals surface area contributed by atoms with Gasteiger partial charge in [0, 0.05) is 6.42 Å². The fraction of sp³-hybridized carbons (Fsp3) is 0.316. The van der Waals surface area contributed by atoms with Crippen LogP contribution in [0.1, 0.15) is 36.0 Å². The summed E-state index contributed by atoms with van der Waals surface area (Å²) < 4.78 is 11.1. The highest BCUT2D eigenvalue weighted by molar-refractivity contribution is 5.89. The second-order valence-corrected chi connectivity index (χ2v) is 11.3. The molecule has 0 bridgehead atoms. The quantitative estimate of drug-likeness (QED) is 0.123. The largest absolute Gasteiger partial charge is 0.463 e. The number of amides is 2. The van der Waals surface area contributed by atoms with Crippen LogP contribution in [0.5, 0.6) is 0 Å².